The van der Waals surface area contributed by atoms with E-state index in [1.54, 1.807) is 12.1 Å². The minimum Gasteiger partial charge on any atom is -0.468 e. The van der Waals surface area contributed by atoms with Crippen LogP contribution in [0.3, 0.4) is 0 Å². The van der Waals surface area contributed by atoms with Gasteiger partial charge in [0.1, 0.15) is 5.76 Å². The first kappa shape index (κ1) is 23.0. The zero-order valence-corrected chi connectivity index (χ0v) is 16.9. The highest BCUT2D eigenvalue weighted by Gasteiger charge is 2.18. The van der Waals surface area contributed by atoms with Crippen LogP contribution in [0, 0.1) is 17.5 Å². The summed E-state index contributed by atoms with van der Waals surface area (Å²) in [5, 5.41) is 1.95. The third-order valence-electron chi connectivity index (χ3n) is 4.06. The molecule has 8 nitrogen and oxygen atoms in total. The highest BCUT2D eigenvalue weighted by atomic mass is 32.2. The molecule has 168 valence electrons. The minimum atomic E-state index is -3.87. The van der Waals surface area contributed by atoms with Gasteiger partial charge in [0.25, 0.3) is 5.91 Å². The molecule has 2 aromatic carbocycles. The topological polar surface area (TPSA) is 115 Å². The molecule has 0 aliphatic heterocycles. The summed E-state index contributed by atoms with van der Waals surface area (Å²) in [5.41, 5.74) is -0.677. The summed E-state index contributed by atoms with van der Waals surface area (Å²) >= 11 is 0. The molecule has 0 bridgehead atoms. The van der Waals surface area contributed by atoms with E-state index >= 15 is 0 Å². The number of rotatable bonds is 8. The maximum absolute atomic E-state index is 13.6. The smallest absolute Gasteiger partial charge is 0.338 e. The van der Waals surface area contributed by atoms with Crippen LogP contribution >= 0.6 is 0 Å². The summed E-state index contributed by atoms with van der Waals surface area (Å²) in [6, 6.07) is 9.33. The first-order valence-corrected chi connectivity index (χ1v) is 10.4. The Morgan fingerprint density at radius 2 is 1.69 bits per heavy atom. The molecule has 32 heavy (non-hydrogen) atoms. The van der Waals surface area contributed by atoms with Crippen molar-refractivity contribution in [2.24, 2.45) is 0 Å². The molecule has 0 spiro atoms. The number of esters is 1. The summed E-state index contributed by atoms with van der Waals surface area (Å²) in [5.74, 6) is -6.32. The first-order chi connectivity index (χ1) is 15.2. The molecular formula is C20H15F3N2O6S. The Balaban J connectivity index is 1.55. The van der Waals surface area contributed by atoms with Crippen molar-refractivity contribution >= 4 is 27.6 Å². The first-order valence-electron chi connectivity index (χ1n) is 8.90. The number of halogens is 3. The van der Waals surface area contributed by atoms with Crippen LogP contribution in [0.4, 0.5) is 18.9 Å². The van der Waals surface area contributed by atoms with Gasteiger partial charge in [0, 0.05) is 0 Å². The van der Waals surface area contributed by atoms with Gasteiger partial charge in [-0.25, -0.2) is 31.1 Å². The summed E-state index contributed by atoms with van der Waals surface area (Å²) in [7, 11) is -3.87. The number of hydrogen-bond donors (Lipinski definition) is 2. The van der Waals surface area contributed by atoms with Gasteiger partial charge in [-0.3, -0.25) is 4.79 Å². The van der Waals surface area contributed by atoms with Crippen LogP contribution in [0.5, 0.6) is 0 Å². The quantitative estimate of drug-likeness (QED) is 0.388. The summed E-state index contributed by atoms with van der Waals surface area (Å²) in [6.07, 6.45) is 1.40. The second kappa shape index (κ2) is 9.66. The fourth-order valence-corrected chi connectivity index (χ4v) is 3.45. The van der Waals surface area contributed by atoms with Gasteiger partial charge < -0.3 is 14.5 Å². The lowest BCUT2D eigenvalue weighted by molar-refractivity contribution is -0.119. The number of benzene rings is 2. The van der Waals surface area contributed by atoms with Crippen molar-refractivity contribution in [2.45, 2.75) is 11.4 Å². The molecule has 0 fully saturated rings. The molecule has 0 atom stereocenters. The number of furan rings is 1. The highest BCUT2D eigenvalue weighted by Crippen LogP contribution is 2.19. The van der Waals surface area contributed by atoms with Gasteiger partial charge in [0.2, 0.25) is 10.0 Å². The van der Waals surface area contributed by atoms with Gasteiger partial charge in [-0.05, 0) is 48.5 Å². The van der Waals surface area contributed by atoms with Crippen LogP contribution in [-0.2, 0) is 26.1 Å². The Hall–Kier alpha value is -3.64. The minimum absolute atomic E-state index is 0.0539. The molecule has 12 heteroatoms. The monoisotopic (exact) mass is 468 g/mol. The molecule has 0 aliphatic rings. The van der Waals surface area contributed by atoms with Crippen LogP contribution in [0.25, 0.3) is 0 Å². The number of anilines is 1. The third kappa shape index (κ3) is 5.53. The highest BCUT2D eigenvalue weighted by molar-refractivity contribution is 7.89. The molecule has 1 aromatic heterocycles. The van der Waals surface area contributed by atoms with Crippen molar-refractivity contribution in [3.8, 4) is 0 Å². The SMILES string of the molecule is O=C(COC(=O)c1ccc(S(=O)(=O)NCc2ccco2)cc1)Nc1ccc(F)c(F)c1F. The normalized spacial score (nSPS) is 11.2. The molecule has 2 N–H and O–H groups in total. The lowest BCUT2D eigenvalue weighted by Gasteiger charge is -2.09. The molecule has 0 saturated heterocycles. The fourth-order valence-electron chi connectivity index (χ4n) is 2.46. The van der Waals surface area contributed by atoms with E-state index in [0.717, 1.165) is 18.2 Å². The Labute approximate surface area is 180 Å². The van der Waals surface area contributed by atoms with Crippen molar-refractivity contribution in [3.05, 3.63) is 83.6 Å². The second-order valence-corrected chi connectivity index (χ2v) is 8.04. The van der Waals surface area contributed by atoms with E-state index in [9.17, 15) is 31.2 Å². The Kier molecular flexibility index (Phi) is 6.95. The van der Waals surface area contributed by atoms with Crippen LogP contribution in [-0.4, -0.2) is 26.9 Å². The Morgan fingerprint density at radius 1 is 0.969 bits per heavy atom. The van der Waals surface area contributed by atoms with Gasteiger partial charge in [-0.1, -0.05) is 0 Å². The third-order valence-corrected chi connectivity index (χ3v) is 5.48. The molecule has 1 amide bonds. The van der Waals surface area contributed by atoms with Crippen LogP contribution in [0.1, 0.15) is 16.1 Å². The van der Waals surface area contributed by atoms with Crippen molar-refractivity contribution in [1.82, 2.24) is 4.72 Å². The van der Waals surface area contributed by atoms with Crippen molar-refractivity contribution in [2.75, 3.05) is 11.9 Å². The molecule has 3 rings (SSSR count). The predicted octanol–water partition coefficient (Wildman–Crippen LogP) is 2.97. The second-order valence-electron chi connectivity index (χ2n) is 6.28. The number of sulfonamides is 1. The summed E-state index contributed by atoms with van der Waals surface area (Å²) in [6.45, 7) is -0.908. The van der Waals surface area contributed by atoms with Gasteiger partial charge in [-0.15, -0.1) is 0 Å². The average molecular weight is 468 g/mol. The van der Waals surface area contributed by atoms with E-state index < -0.39 is 51.6 Å². The summed E-state index contributed by atoms with van der Waals surface area (Å²) < 4.78 is 76.3. The van der Waals surface area contributed by atoms with E-state index in [1.165, 1.54) is 18.4 Å². The number of carbonyl (C=O) groups excluding carboxylic acids is 2. The molecule has 0 radical (unpaired) electrons. The van der Waals surface area contributed by atoms with E-state index in [4.69, 9.17) is 9.15 Å². The summed E-state index contributed by atoms with van der Waals surface area (Å²) in [4.78, 5) is 23.7. The molecule has 3 aromatic rings. The maximum atomic E-state index is 13.6. The lowest BCUT2D eigenvalue weighted by atomic mass is 10.2. The van der Waals surface area contributed by atoms with Crippen LogP contribution < -0.4 is 10.0 Å². The van der Waals surface area contributed by atoms with Crippen molar-refractivity contribution in [1.29, 1.82) is 0 Å². The Morgan fingerprint density at radius 3 is 2.34 bits per heavy atom. The van der Waals surface area contributed by atoms with E-state index in [2.05, 4.69) is 4.72 Å². The molecule has 0 aliphatic carbocycles. The van der Waals surface area contributed by atoms with Gasteiger partial charge >= 0.3 is 5.97 Å². The zero-order valence-electron chi connectivity index (χ0n) is 16.1. The molecule has 1 heterocycles. The van der Waals surface area contributed by atoms with Crippen molar-refractivity contribution < 1.29 is 40.3 Å². The zero-order chi connectivity index (χ0) is 23.3. The van der Waals surface area contributed by atoms with Crippen LogP contribution in [0.15, 0.2) is 64.1 Å². The van der Waals surface area contributed by atoms with Crippen molar-refractivity contribution in [3.63, 3.8) is 0 Å². The maximum Gasteiger partial charge on any atom is 0.338 e. The average Bonchev–Trinajstić information content (AvgIpc) is 3.30. The standard InChI is InChI=1S/C20H15F3N2O6S/c21-15-7-8-16(19(23)18(15)22)25-17(26)11-31-20(27)12-3-5-14(6-4-12)32(28,29)24-10-13-2-1-9-30-13/h1-9,24H,10-11H2,(H,25,26). The van der Waals surface area contributed by atoms with E-state index in [0.29, 0.717) is 11.8 Å². The van der Waals surface area contributed by atoms with Gasteiger partial charge in [0.05, 0.1) is 29.0 Å². The number of nitrogens with one attached hydrogen (secondary N) is 2. The molecule has 0 saturated carbocycles. The lowest BCUT2D eigenvalue weighted by Crippen LogP contribution is -2.23. The van der Waals surface area contributed by atoms with E-state index in [1.807, 2.05) is 5.32 Å². The number of carbonyl (C=O) groups is 2. The van der Waals surface area contributed by atoms with E-state index in [-0.39, 0.29) is 17.0 Å². The number of amides is 1. The largest absolute Gasteiger partial charge is 0.468 e. The molecular weight excluding hydrogens is 453 g/mol. The fraction of sp³-hybridized carbons (Fsp3) is 0.100. The van der Waals surface area contributed by atoms with Gasteiger partial charge in [0.15, 0.2) is 24.1 Å². The number of ether oxygens (including phenoxy) is 1. The van der Waals surface area contributed by atoms with Gasteiger partial charge in [-0.2, -0.15) is 0 Å². The predicted molar refractivity (Wildman–Crippen MR) is 104 cm³/mol. The van der Waals surface area contributed by atoms with Crippen LogP contribution in [0.2, 0.25) is 0 Å². The number of hydrogen-bond acceptors (Lipinski definition) is 6. The Bertz CT molecular complexity index is 1230. The molecule has 0 unspecified atom stereocenters.